The van der Waals surface area contributed by atoms with Crippen molar-refractivity contribution in [2.45, 2.75) is 70.3 Å². The smallest absolute Gasteiger partial charge is 0.0558 e. The van der Waals surface area contributed by atoms with Crippen LogP contribution in [0.15, 0.2) is 0 Å². The summed E-state index contributed by atoms with van der Waals surface area (Å²) >= 11 is 0. The van der Waals surface area contributed by atoms with E-state index in [-0.39, 0.29) is 0 Å². The fourth-order valence-electron chi connectivity index (χ4n) is 3.70. The highest BCUT2D eigenvalue weighted by atomic mass is 16.3. The van der Waals surface area contributed by atoms with E-state index in [0.29, 0.717) is 6.61 Å². The molecule has 1 N–H and O–H groups in total. The van der Waals surface area contributed by atoms with Gasteiger partial charge in [-0.05, 0) is 31.6 Å². The van der Waals surface area contributed by atoms with Crippen LogP contribution in [0.4, 0.5) is 0 Å². The number of nitrogens with zero attached hydrogens (tertiary/aromatic N) is 1. The van der Waals surface area contributed by atoms with Crippen LogP contribution in [0.25, 0.3) is 0 Å². The Labute approximate surface area is 106 Å². The maximum absolute atomic E-state index is 9.26. The summed E-state index contributed by atoms with van der Waals surface area (Å²) in [5.74, 6) is 0.914. The Morgan fingerprint density at radius 2 is 1.41 bits per heavy atom. The van der Waals surface area contributed by atoms with Crippen LogP contribution in [0, 0.1) is 5.92 Å². The Morgan fingerprint density at radius 1 is 0.824 bits per heavy atom. The van der Waals surface area contributed by atoms with E-state index in [1.165, 1.54) is 70.8 Å². The van der Waals surface area contributed by atoms with Gasteiger partial charge in [0, 0.05) is 19.1 Å². The van der Waals surface area contributed by atoms with Crippen LogP contribution in [-0.2, 0) is 0 Å². The first-order chi connectivity index (χ1) is 8.40. The monoisotopic (exact) mass is 239 g/mol. The van der Waals surface area contributed by atoms with Gasteiger partial charge in [-0.3, -0.25) is 4.90 Å². The van der Waals surface area contributed by atoms with E-state index in [1.54, 1.807) is 0 Å². The summed E-state index contributed by atoms with van der Waals surface area (Å²) in [5.41, 5.74) is 0. The molecule has 2 heteroatoms. The Morgan fingerprint density at radius 3 is 2.00 bits per heavy atom. The average molecular weight is 239 g/mol. The number of hydrogen-bond acceptors (Lipinski definition) is 2. The highest BCUT2D eigenvalue weighted by Gasteiger charge is 2.24. The van der Waals surface area contributed by atoms with Gasteiger partial charge in [-0.1, -0.05) is 38.5 Å². The third kappa shape index (κ3) is 4.26. The molecule has 0 aromatic rings. The van der Waals surface area contributed by atoms with E-state index in [4.69, 9.17) is 0 Å². The van der Waals surface area contributed by atoms with E-state index >= 15 is 0 Å². The molecule has 0 bridgehead atoms. The molecule has 0 amide bonds. The molecule has 0 saturated heterocycles. The first-order valence-electron chi connectivity index (χ1n) is 7.75. The summed E-state index contributed by atoms with van der Waals surface area (Å²) in [5, 5.41) is 9.26. The van der Waals surface area contributed by atoms with Crippen LogP contribution in [0.5, 0.6) is 0 Å². The van der Waals surface area contributed by atoms with Crippen molar-refractivity contribution in [1.82, 2.24) is 4.90 Å². The lowest BCUT2D eigenvalue weighted by Gasteiger charge is -2.37. The maximum Gasteiger partial charge on any atom is 0.0558 e. The molecular weight excluding hydrogens is 210 g/mol. The lowest BCUT2D eigenvalue weighted by molar-refractivity contribution is 0.0972. The first kappa shape index (κ1) is 13.4. The molecule has 2 rings (SSSR count). The van der Waals surface area contributed by atoms with Crippen LogP contribution in [0.2, 0.25) is 0 Å². The molecule has 0 radical (unpaired) electrons. The molecule has 2 aliphatic carbocycles. The molecule has 2 saturated carbocycles. The van der Waals surface area contributed by atoms with Gasteiger partial charge >= 0.3 is 0 Å². The van der Waals surface area contributed by atoms with Gasteiger partial charge in [-0.25, -0.2) is 0 Å². The molecule has 0 aromatic carbocycles. The third-order valence-electron chi connectivity index (χ3n) is 4.70. The van der Waals surface area contributed by atoms with Crippen LogP contribution >= 0.6 is 0 Å². The van der Waals surface area contributed by atoms with Crippen molar-refractivity contribution in [3.63, 3.8) is 0 Å². The molecule has 0 aromatic heterocycles. The highest BCUT2D eigenvalue weighted by Crippen LogP contribution is 2.28. The largest absolute Gasteiger partial charge is 0.395 e. The molecule has 2 fully saturated rings. The van der Waals surface area contributed by atoms with E-state index in [1.807, 2.05) is 0 Å². The van der Waals surface area contributed by atoms with Gasteiger partial charge in [0.05, 0.1) is 6.61 Å². The molecule has 2 aliphatic rings. The fourth-order valence-corrected chi connectivity index (χ4v) is 3.70. The molecule has 0 spiro atoms. The van der Waals surface area contributed by atoms with Crippen molar-refractivity contribution in [2.24, 2.45) is 5.92 Å². The van der Waals surface area contributed by atoms with E-state index in [9.17, 15) is 5.11 Å². The minimum Gasteiger partial charge on any atom is -0.395 e. The molecular formula is C15H29NO. The van der Waals surface area contributed by atoms with Gasteiger partial charge in [0.15, 0.2) is 0 Å². The summed E-state index contributed by atoms with van der Waals surface area (Å²) in [7, 11) is 0. The molecule has 0 aliphatic heterocycles. The number of aliphatic hydroxyl groups is 1. The second kappa shape index (κ2) is 7.38. The van der Waals surface area contributed by atoms with Gasteiger partial charge in [-0.2, -0.15) is 0 Å². The summed E-state index contributed by atoms with van der Waals surface area (Å²) < 4.78 is 0. The van der Waals surface area contributed by atoms with Crippen molar-refractivity contribution in [3.05, 3.63) is 0 Å². The van der Waals surface area contributed by atoms with Gasteiger partial charge in [0.2, 0.25) is 0 Å². The van der Waals surface area contributed by atoms with E-state index in [2.05, 4.69) is 4.90 Å². The molecule has 2 nitrogen and oxygen atoms in total. The summed E-state index contributed by atoms with van der Waals surface area (Å²) in [6.07, 6.45) is 14.1. The van der Waals surface area contributed by atoms with Crippen molar-refractivity contribution in [2.75, 3.05) is 19.7 Å². The Kier molecular flexibility index (Phi) is 5.79. The average Bonchev–Trinajstić information content (AvgIpc) is 2.40. The SMILES string of the molecule is OCCN(CC1CCCCC1)C1CCCCC1. The summed E-state index contributed by atoms with van der Waals surface area (Å²) in [6.45, 7) is 2.50. The number of rotatable bonds is 5. The molecule has 0 unspecified atom stereocenters. The lowest BCUT2D eigenvalue weighted by atomic mass is 9.87. The normalized spacial score (nSPS) is 24.4. The second-order valence-corrected chi connectivity index (χ2v) is 6.01. The minimum absolute atomic E-state index is 0.337. The van der Waals surface area contributed by atoms with Gasteiger partial charge in [0.1, 0.15) is 0 Å². The Bertz CT molecular complexity index is 195. The van der Waals surface area contributed by atoms with Crippen LogP contribution in [-0.4, -0.2) is 35.7 Å². The molecule has 100 valence electrons. The van der Waals surface area contributed by atoms with E-state index in [0.717, 1.165) is 18.5 Å². The standard InChI is InChI=1S/C15H29NO/c17-12-11-16(15-9-5-2-6-10-15)13-14-7-3-1-4-8-14/h14-15,17H,1-13H2. The highest BCUT2D eigenvalue weighted by molar-refractivity contribution is 4.79. The van der Waals surface area contributed by atoms with Crippen LogP contribution in [0.1, 0.15) is 64.2 Å². The zero-order chi connectivity index (χ0) is 11.9. The Hall–Kier alpha value is -0.0800. The second-order valence-electron chi connectivity index (χ2n) is 6.01. The van der Waals surface area contributed by atoms with Crippen LogP contribution < -0.4 is 0 Å². The zero-order valence-electron chi connectivity index (χ0n) is 11.2. The fraction of sp³-hybridized carbons (Fsp3) is 1.00. The topological polar surface area (TPSA) is 23.5 Å². The summed E-state index contributed by atoms with van der Waals surface area (Å²) in [4.78, 5) is 2.61. The zero-order valence-corrected chi connectivity index (χ0v) is 11.2. The predicted molar refractivity (Wildman–Crippen MR) is 72.1 cm³/mol. The first-order valence-corrected chi connectivity index (χ1v) is 7.75. The molecule has 0 heterocycles. The third-order valence-corrected chi connectivity index (χ3v) is 4.70. The Balaban J connectivity index is 1.81. The predicted octanol–water partition coefficient (Wildman–Crippen LogP) is 3.19. The van der Waals surface area contributed by atoms with Crippen molar-refractivity contribution in [1.29, 1.82) is 0 Å². The number of hydrogen-bond donors (Lipinski definition) is 1. The molecule has 0 atom stereocenters. The number of aliphatic hydroxyl groups excluding tert-OH is 1. The van der Waals surface area contributed by atoms with Gasteiger partial charge in [0.25, 0.3) is 0 Å². The van der Waals surface area contributed by atoms with Crippen LogP contribution in [0.3, 0.4) is 0 Å². The van der Waals surface area contributed by atoms with Gasteiger partial charge < -0.3 is 5.11 Å². The quantitative estimate of drug-likeness (QED) is 0.796. The van der Waals surface area contributed by atoms with Crippen molar-refractivity contribution in [3.8, 4) is 0 Å². The van der Waals surface area contributed by atoms with Gasteiger partial charge in [-0.15, -0.1) is 0 Å². The minimum atomic E-state index is 0.337. The van der Waals surface area contributed by atoms with Crippen molar-refractivity contribution >= 4 is 0 Å². The lowest BCUT2D eigenvalue weighted by Crippen LogP contribution is -2.42. The van der Waals surface area contributed by atoms with Crippen molar-refractivity contribution < 1.29 is 5.11 Å². The maximum atomic E-state index is 9.26. The molecule has 17 heavy (non-hydrogen) atoms. The van der Waals surface area contributed by atoms with E-state index < -0.39 is 0 Å². The summed E-state index contributed by atoms with van der Waals surface area (Å²) in [6, 6.07) is 0.776.